The van der Waals surface area contributed by atoms with Gasteiger partial charge >= 0.3 is 0 Å². The zero-order valence-corrected chi connectivity index (χ0v) is 21.8. The molecule has 0 saturated carbocycles. The number of benzene rings is 2. The van der Waals surface area contributed by atoms with Crippen LogP contribution in [0.5, 0.6) is 0 Å². The molecule has 0 bridgehead atoms. The average molecular weight is 534 g/mol. The second kappa shape index (κ2) is 10.2. The number of hydrogen-bond donors (Lipinski definition) is 0. The van der Waals surface area contributed by atoms with Crippen molar-refractivity contribution < 1.29 is 21.6 Å². The lowest BCUT2D eigenvalue weighted by Crippen LogP contribution is -2.31. The van der Waals surface area contributed by atoms with E-state index in [-0.39, 0.29) is 15.4 Å². The first-order chi connectivity index (χ1) is 16.6. The van der Waals surface area contributed by atoms with Crippen molar-refractivity contribution in [2.24, 2.45) is 4.99 Å². The summed E-state index contributed by atoms with van der Waals surface area (Å²) in [4.78, 5) is 17.9. The van der Waals surface area contributed by atoms with E-state index < -0.39 is 25.8 Å². The van der Waals surface area contributed by atoms with Crippen molar-refractivity contribution in [1.29, 1.82) is 0 Å². The molecule has 11 heteroatoms. The van der Waals surface area contributed by atoms with Gasteiger partial charge in [0.1, 0.15) is 0 Å². The van der Waals surface area contributed by atoms with Crippen LogP contribution >= 0.6 is 11.3 Å². The van der Waals surface area contributed by atoms with Gasteiger partial charge in [-0.1, -0.05) is 30.3 Å². The molecule has 3 aromatic rings. The van der Waals surface area contributed by atoms with Crippen molar-refractivity contribution in [3.8, 4) is 0 Å². The van der Waals surface area contributed by atoms with Gasteiger partial charge in [0, 0.05) is 31.5 Å². The predicted octanol–water partition coefficient (Wildman–Crippen LogP) is 3.60. The zero-order valence-electron chi connectivity index (χ0n) is 19.4. The van der Waals surface area contributed by atoms with E-state index in [1.807, 2.05) is 0 Å². The van der Waals surface area contributed by atoms with E-state index in [1.165, 1.54) is 46.0 Å². The number of hydrogen-bond acceptors (Lipinski definition) is 6. The smallest absolute Gasteiger partial charge is 0.279 e. The summed E-state index contributed by atoms with van der Waals surface area (Å²) in [5, 5.41) is 0. The highest BCUT2D eigenvalue weighted by Gasteiger charge is 2.25. The van der Waals surface area contributed by atoms with E-state index in [0.29, 0.717) is 29.1 Å². The van der Waals surface area contributed by atoms with Crippen molar-refractivity contribution >= 4 is 47.3 Å². The van der Waals surface area contributed by atoms with E-state index in [0.717, 1.165) is 37.5 Å². The number of sulfonamides is 1. The van der Waals surface area contributed by atoms with Crippen LogP contribution in [-0.4, -0.2) is 51.0 Å². The standard InChI is InChI=1S/C24H27N3O5S3/c1-3-14-27-21-13-12-20(34(2,29)30)17-22(21)33-24(27)25-23(28)18-8-10-19(11-9-18)35(31,32)26-15-6-4-5-7-16-26/h3,8-13,17H,1,4-7,14-16H2,2H3. The average Bonchev–Trinajstić information content (AvgIpc) is 2.98. The summed E-state index contributed by atoms with van der Waals surface area (Å²) in [7, 11) is -6.98. The number of amides is 1. The molecule has 186 valence electrons. The van der Waals surface area contributed by atoms with Crippen LogP contribution in [0.2, 0.25) is 0 Å². The monoisotopic (exact) mass is 533 g/mol. The first-order valence-electron chi connectivity index (χ1n) is 11.2. The van der Waals surface area contributed by atoms with Gasteiger partial charge in [-0.25, -0.2) is 16.8 Å². The van der Waals surface area contributed by atoms with E-state index in [2.05, 4.69) is 11.6 Å². The molecule has 1 aliphatic heterocycles. The summed E-state index contributed by atoms with van der Waals surface area (Å²) in [6, 6.07) is 10.6. The Labute approximate surface area is 209 Å². The number of carbonyl (C=O) groups excluding carboxylic acids is 1. The molecule has 2 heterocycles. The minimum absolute atomic E-state index is 0.160. The summed E-state index contributed by atoms with van der Waals surface area (Å²) in [6.07, 6.45) is 6.56. The third-order valence-corrected chi connectivity index (χ3v) is 9.96. The maximum absolute atomic E-state index is 13.0. The number of fused-ring (bicyclic) bond motifs is 1. The molecule has 2 aromatic carbocycles. The van der Waals surface area contributed by atoms with Crippen LogP contribution in [0.3, 0.4) is 0 Å². The molecule has 1 aromatic heterocycles. The Kier molecular flexibility index (Phi) is 7.41. The van der Waals surface area contributed by atoms with E-state index in [9.17, 15) is 21.6 Å². The molecule has 35 heavy (non-hydrogen) atoms. The maximum Gasteiger partial charge on any atom is 0.279 e. The number of allylic oxidation sites excluding steroid dienone is 1. The largest absolute Gasteiger partial charge is 0.312 e. The third-order valence-electron chi connectivity index (χ3n) is 5.90. The zero-order chi connectivity index (χ0) is 25.2. The number of thiazole rings is 1. The Bertz CT molecular complexity index is 1540. The van der Waals surface area contributed by atoms with Crippen molar-refractivity contribution in [1.82, 2.24) is 8.87 Å². The number of carbonyl (C=O) groups is 1. The van der Waals surface area contributed by atoms with Crippen LogP contribution in [0, 0.1) is 0 Å². The van der Waals surface area contributed by atoms with E-state index >= 15 is 0 Å². The molecule has 1 amide bonds. The molecule has 0 N–H and O–H groups in total. The highest BCUT2D eigenvalue weighted by Crippen LogP contribution is 2.23. The topological polar surface area (TPSA) is 106 Å². The quantitative estimate of drug-likeness (QED) is 0.450. The molecule has 0 unspecified atom stereocenters. The maximum atomic E-state index is 13.0. The third kappa shape index (κ3) is 5.48. The van der Waals surface area contributed by atoms with Gasteiger partial charge in [0.15, 0.2) is 14.6 Å². The number of aromatic nitrogens is 1. The highest BCUT2D eigenvalue weighted by atomic mass is 32.2. The Morgan fingerprint density at radius 3 is 2.23 bits per heavy atom. The molecule has 0 spiro atoms. The predicted molar refractivity (Wildman–Crippen MR) is 137 cm³/mol. The molecule has 1 aliphatic rings. The summed E-state index contributed by atoms with van der Waals surface area (Å²) < 4.78 is 53.8. The van der Waals surface area contributed by atoms with Crippen molar-refractivity contribution in [3.05, 3.63) is 65.5 Å². The molecular formula is C24H27N3O5S3. The fourth-order valence-corrected chi connectivity index (χ4v) is 7.34. The summed E-state index contributed by atoms with van der Waals surface area (Å²) in [5.41, 5.74) is 1.01. The van der Waals surface area contributed by atoms with Crippen LogP contribution in [0.25, 0.3) is 10.2 Å². The van der Waals surface area contributed by atoms with Gasteiger partial charge in [-0.3, -0.25) is 4.79 Å². The first-order valence-corrected chi connectivity index (χ1v) is 15.4. The van der Waals surface area contributed by atoms with Crippen molar-refractivity contribution in [3.63, 3.8) is 0 Å². The van der Waals surface area contributed by atoms with Crippen LogP contribution in [-0.2, 0) is 26.4 Å². The minimum Gasteiger partial charge on any atom is -0.312 e. The normalized spacial score (nSPS) is 16.3. The Morgan fingerprint density at radius 2 is 1.63 bits per heavy atom. The fraction of sp³-hybridized carbons (Fsp3) is 0.333. The van der Waals surface area contributed by atoms with E-state index in [4.69, 9.17) is 0 Å². The van der Waals surface area contributed by atoms with Gasteiger partial charge in [0.25, 0.3) is 5.91 Å². The van der Waals surface area contributed by atoms with Gasteiger partial charge in [-0.15, -0.1) is 6.58 Å². The second-order valence-corrected chi connectivity index (χ2v) is 13.4. The van der Waals surface area contributed by atoms with Crippen LogP contribution < -0.4 is 4.80 Å². The summed E-state index contributed by atoms with van der Waals surface area (Å²) >= 11 is 1.21. The molecule has 1 fully saturated rings. The first kappa shape index (κ1) is 25.5. The van der Waals surface area contributed by atoms with Gasteiger partial charge in [-0.2, -0.15) is 9.30 Å². The SMILES string of the molecule is C=CCn1c(=NC(=O)c2ccc(S(=O)(=O)N3CCCCCC3)cc2)sc2cc(S(C)(=O)=O)ccc21. The number of rotatable bonds is 6. The lowest BCUT2D eigenvalue weighted by molar-refractivity contribution is 0.0997. The Morgan fingerprint density at radius 1 is 1.00 bits per heavy atom. The lowest BCUT2D eigenvalue weighted by atomic mass is 10.2. The molecular weight excluding hydrogens is 506 g/mol. The lowest BCUT2D eigenvalue weighted by Gasteiger charge is -2.19. The second-order valence-electron chi connectivity index (χ2n) is 8.45. The number of sulfone groups is 1. The van der Waals surface area contributed by atoms with Crippen LogP contribution in [0.15, 0.2) is 69.9 Å². The van der Waals surface area contributed by atoms with Crippen molar-refractivity contribution in [2.45, 2.75) is 42.0 Å². The summed E-state index contributed by atoms with van der Waals surface area (Å²) in [5.74, 6) is -0.517. The van der Waals surface area contributed by atoms with Gasteiger partial charge < -0.3 is 4.57 Å². The van der Waals surface area contributed by atoms with Crippen LogP contribution in [0.4, 0.5) is 0 Å². The molecule has 0 radical (unpaired) electrons. The van der Waals surface area contributed by atoms with Crippen LogP contribution in [0.1, 0.15) is 36.0 Å². The Balaban J connectivity index is 1.67. The van der Waals surface area contributed by atoms with Gasteiger partial charge in [0.2, 0.25) is 10.0 Å². The fourth-order valence-electron chi connectivity index (χ4n) is 4.03. The molecule has 1 saturated heterocycles. The molecule has 0 aliphatic carbocycles. The molecule has 4 rings (SSSR count). The minimum atomic E-state index is -3.61. The highest BCUT2D eigenvalue weighted by molar-refractivity contribution is 7.90. The van der Waals surface area contributed by atoms with Gasteiger partial charge in [-0.05, 0) is 55.3 Å². The molecule has 8 nitrogen and oxygen atoms in total. The van der Waals surface area contributed by atoms with E-state index in [1.54, 1.807) is 22.8 Å². The van der Waals surface area contributed by atoms with Crippen molar-refractivity contribution in [2.75, 3.05) is 19.3 Å². The molecule has 0 atom stereocenters. The van der Waals surface area contributed by atoms with Gasteiger partial charge in [0.05, 0.1) is 20.0 Å². The number of nitrogens with zero attached hydrogens (tertiary/aromatic N) is 3. The summed E-state index contributed by atoms with van der Waals surface area (Å²) in [6.45, 7) is 5.16. The Hall–Kier alpha value is -2.60.